The second kappa shape index (κ2) is 12.4. The van der Waals surface area contributed by atoms with Gasteiger partial charge in [-0.3, -0.25) is 0 Å². The van der Waals surface area contributed by atoms with Crippen LogP contribution in [-0.2, 0) is 13.2 Å². The van der Waals surface area contributed by atoms with E-state index < -0.39 is 0 Å². The Bertz CT molecular complexity index is 991. The molecule has 170 valence electrons. The van der Waals surface area contributed by atoms with Crippen molar-refractivity contribution in [1.82, 2.24) is 5.32 Å². The molecule has 0 aromatic heterocycles. The molecule has 1 N–H and O–H groups in total. The van der Waals surface area contributed by atoms with Gasteiger partial charge in [0.15, 0.2) is 11.5 Å². The van der Waals surface area contributed by atoms with E-state index in [2.05, 4.69) is 36.5 Å². The van der Waals surface area contributed by atoms with Gasteiger partial charge in [0.25, 0.3) is 0 Å². The van der Waals surface area contributed by atoms with E-state index in [0.717, 1.165) is 18.4 Å². The molecule has 6 heteroatoms. The Morgan fingerprint density at radius 1 is 0.844 bits per heavy atom. The predicted molar refractivity (Wildman–Crippen MR) is 134 cm³/mol. The van der Waals surface area contributed by atoms with Gasteiger partial charge in [-0.1, -0.05) is 84.5 Å². The van der Waals surface area contributed by atoms with Crippen LogP contribution in [0.5, 0.6) is 11.5 Å². The van der Waals surface area contributed by atoms with Crippen molar-refractivity contribution in [3.05, 3.63) is 92.4 Å². The lowest BCUT2D eigenvalue weighted by molar-refractivity contribution is 0.269. The largest absolute Gasteiger partial charge is 0.490 e. The molecule has 0 spiro atoms. The number of hydrogen-bond acceptors (Lipinski definition) is 3. The van der Waals surface area contributed by atoms with Crippen LogP contribution in [0.2, 0.25) is 15.1 Å². The number of benzene rings is 3. The van der Waals surface area contributed by atoms with Crippen LogP contribution in [0.4, 0.5) is 0 Å². The number of nitrogens with one attached hydrogen (secondary N) is 1. The smallest absolute Gasteiger partial charge is 0.180 e. The first-order chi connectivity index (χ1) is 15.5. The zero-order valence-corrected chi connectivity index (χ0v) is 20.6. The number of hydrogen-bond donors (Lipinski definition) is 1. The van der Waals surface area contributed by atoms with E-state index >= 15 is 0 Å². The lowest BCUT2D eigenvalue weighted by Gasteiger charge is -2.20. The number of rotatable bonds is 11. The molecule has 0 aliphatic heterocycles. The van der Waals surface area contributed by atoms with Crippen molar-refractivity contribution in [1.29, 1.82) is 0 Å². The first-order valence-electron chi connectivity index (χ1n) is 10.8. The standard InChI is InChI=1S/C26H28Cl3NO2/c1-3-9-24(19-10-6-5-7-11-19)30-16-18-14-23(29)26(25(15-18)31-4-2)32-17-20-21(27)12-8-13-22(20)28/h5-8,10-15,24,30H,3-4,9,16-17H2,1-2H3. The highest BCUT2D eigenvalue weighted by atomic mass is 35.5. The summed E-state index contributed by atoms with van der Waals surface area (Å²) in [5.41, 5.74) is 3.02. The highest BCUT2D eigenvalue weighted by Crippen LogP contribution is 2.38. The van der Waals surface area contributed by atoms with E-state index in [1.54, 1.807) is 18.2 Å². The van der Waals surface area contributed by atoms with Gasteiger partial charge in [0.2, 0.25) is 0 Å². The van der Waals surface area contributed by atoms with Crippen LogP contribution in [0, 0.1) is 0 Å². The third-order valence-corrected chi connectivity index (χ3v) is 6.11. The highest BCUT2D eigenvalue weighted by Gasteiger charge is 2.16. The average Bonchev–Trinajstić information content (AvgIpc) is 2.78. The molecule has 0 aliphatic carbocycles. The van der Waals surface area contributed by atoms with Crippen LogP contribution >= 0.6 is 34.8 Å². The summed E-state index contributed by atoms with van der Waals surface area (Å²) in [5.74, 6) is 1.09. The van der Waals surface area contributed by atoms with Crippen molar-refractivity contribution in [2.24, 2.45) is 0 Å². The summed E-state index contributed by atoms with van der Waals surface area (Å²) in [4.78, 5) is 0. The molecule has 0 heterocycles. The third kappa shape index (κ3) is 6.55. The van der Waals surface area contributed by atoms with Gasteiger partial charge < -0.3 is 14.8 Å². The molecule has 3 rings (SSSR count). The Balaban J connectivity index is 1.77. The molecule has 0 amide bonds. The second-order valence-electron chi connectivity index (χ2n) is 7.46. The Labute approximate surface area is 205 Å². The van der Waals surface area contributed by atoms with Gasteiger partial charge in [0.1, 0.15) is 6.61 Å². The minimum atomic E-state index is 0.197. The van der Waals surface area contributed by atoms with Gasteiger partial charge in [0, 0.05) is 28.2 Å². The van der Waals surface area contributed by atoms with Gasteiger partial charge in [-0.05, 0) is 48.7 Å². The normalized spacial score (nSPS) is 11.9. The molecule has 0 fully saturated rings. The first kappa shape index (κ1) is 24.7. The summed E-state index contributed by atoms with van der Waals surface area (Å²) in [7, 11) is 0. The lowest BCUT2D eigenvalue weighted by Crippen LogP contribution is -2.21. The maximum absolute atomic E-state index is 6.61. The van der Waals surface area contributed by atoms with Crippen molar-refractivity contribution >= 4 is 34.8 Å². The average molecular weight is 493 g/mol. The van der Waals surface area contributed by atoms with Gasteiger partial charge in [-0.2, -0.15) is 0 Å². The topological polar surface area (TPSA) is 30.5 Å². The molecule has 0 saturated heterocycles. The van der Waals surface area contributed by atoms with Crippen LogP contribution < -0.4 is 14.8 Å². The highest BCUT2D eigenvalue weighted by molar-refractivity contribution is 6.36. The molecule has 3 aromatic carbocycles. The fourth-order valence-corrected chi connectivity index (χ4v) is 4.34. The minimum absolute atomic E-state index is 0.197. The molecule has 32 heavy (non-hydrogen) atoms. The van der Waals surface area contributed by atoms with Crippen LogP contribution in [0.25, 0.3) is 0 Å². The summed E-state index contributed by atoms with van der Waals surface area (Å²) in [6, 6.07) is 20.0. The first-order valence-corrected chi connectivity index (χ1v) is 12.0. The monoisotopic (exact) mass is 491 g/mol. The maximum Gasteiger partial charge on any atom is 0.180 e. The molecular formula is C26H28Cl3NO2. The zero-order valence-electron chi connectivity index (χ0n) is 18.3. The zero-order chi connectivity index (χ0) is 22.9. The Morgan fingerprint density at radius 3 is 2.22 bits per heavy atom. The summed E-state index contributed by atoms with van der Waals surface area (Å²) < 4.78 is 11.9. The molecule has 0 aliphatic rings. The Kier molecular flexibility index (Phi) is 9.55. The summed E-state index contributed by atoms with van der Waals surface area (Å²) in [6.07, 6.45) is 2.14. The van der Waals surface area contributed by atoms with Crippen molar-refractivity contribution < 1.29 is 9.47 Å². The van der Waals surface area contributed by atoms with Crippen LogP contribution in [0.1, 0.15) is 49.4 Å². The SMILES string of the molecule is CCCC(NCc1cc(Cl)c(OCc2c(Cl)cccc2Cl)c(OCC)c1)c1ccccc1. The molecule has 1 unspecified atom stereocenters. The minimum Gasteiger partial charge on any atom is -0.490 e. The van der Waals surface area contributed by atoms with E-state index in [1.807, 2.05) is 25.1 Å². The van der Waals surface area contributed by atoms with E-state index in [4.69, 9.17) is 44.3 Å². The quantitative estimate of drug-likeness (QED) is 0.292. The van der Waals surface area contributed by atoms with Gasteiger partial charge in [0.05, 0.1) is 11.6 Å². The van der Waals surface area contributed by atoms with Crippen LogP contribution in [0.15, 0.2) is 60.7 Å². The maximum atomic E-state index is 6.61. The van der Waals surface area contributed by atoms with Crippen LogP contribution in [-0.4, -0.2) is 6.61 Å². The van der Waals surface area contributed by atoms with Crippen LogP contribution in [0.3, 0.4) is 0 Å². The molecule has 0 saturated carbocycles. The van der Waals surface area contributed by atoms with Crippen molar-refractivity contribution in [2.45, 2.75) is 45.9 Å². The van der Waals surface area contributed by atoms with Crippen molar-refractivity contribution in [2.75, 3.05) is 6.61 Å². The molecule has 0 radical (unpaired) electrons. The van der Waals surface area contributed by atoms with E-state index in [1.165, 1.54) is 5.56 Å². The van der Waals surface area contributed by atoms with E-state index in [0.29, 0.717) is 45.3 Å². The predicted octanol–water partition coefficient (Wildman–Crippen LogP) is 8.26. The second-order valence-corrected chi connectivity index (χ2v) is 8.68. The molecule has 3 nitrogen and oxygen atoms in total. The fourth-order valence-electron chi connectivity index (χ4n) is 3.54. The lowest BCUT2D eigenvalue weighted by atomic mass is 10.0. The fraction of sp³-hybridized carbons (Fsp3) is 0.308. The molecule has 1 atom stereocenters. The Hall–Kier alpha value is -1.91. The van der Waals surface area contributed by atoms with Gasteiger partial charge in [-0.25, -0.2) is 0 Å². The molecule has 0 bridgehead atoms. The van der Waals surface area contributed by atoms with E-state index in [-0.39, 0.29) is 12.6 Å². The van der Waals surface area contributed by atoms with Gasteiger partial charge in [-0.15, -0.1) is 0 Å². The molecule has 3 aromatic rings. The summed E-state index contributed by atoms with van der Waals surface area (Å²) >= 11 is 19.2. The van der Waals surface area contributed by atoms with Crippen molar-refractivity contribution in [3.8, 4) is 11.5 Å². The summed E-state index contributed by atoms with van der Waals surface area (Å²) in [5, 5.41) is 5.24. The number of ether oxygens (including phenoxy) is 2. The van der Waals surface area contributed by atoms with E-state index in [9.17, 15) is 0 Å². The number of halogens is 3. The van der Waals surface area contributed by atoms with Gasteiger partial charge >= 0.3 is 0 Å². The van der Waals surface area contributed by atoms with Crippen molar-refractivity contribution in [3.63, 3.8) is 0 Å². The summed E-state index contributed by atoms with van der Waals surface area (Å²) in [6.45, 7) is 5.48. The third-order valence-electron chi connectivity index (χ3n) is 5.12. The Morgan fingerprint density at radius 2 is 1.56 bits per heavy atom. The molecular weight excluding hydrogens is 465 g/mol.